The Morgan fingerprint density at radius 2 is 1.45 bits per heavy atom. The van der Waals surface area contributed by atoms with Crippen LogP contribution in [0.2, 0.25) is 0 Å². The van der Waals surface area contributed by atoms with Crippen LogP contribution < -0.4 is 30.2 Å². The van der Waals surface area contributed by atoms with E-state index in [9.17, 15) is 19.2 Å². The molecular formula is C65H87N11O10S. The molecule has 0 spiro atoms. The number of carbonyl (C=O) groups excluding carboxylic acids is 4. The summed E-state index contributed by atoms with van der Waals surface area (Å²) in [4.78, 5) is 66.2. The van der Waals surface area contributed by atoms with Crippen molar-refractivity contribution in [2.45, 2.75) is 96.3 Å². The Balaban J connectivity index is 0.614. The number of urea groups is 1. The van der Waals surface area contributed by atoms with Crippen LogP contribution in [-0.2, 0) is 60.9 Å². The van der Waals surface area contributed by atoms with Crippen molar-refractivity contribution in [3.05, 3.63) is 142 Å². The van der Waals surface area contributed by atoms with E-state index in [1.54, 1.807) is 41.4 Å². The molecule has 468 valence electrons. The Morgan fingerprint density at radius 1 is 0.736 bits per heavy atom. The predicted molar refractivity (Wildman–Crippen MR) is 336 cm³/mol. The largest absolute Gasteiger partial charge is 0.496 e. The molecule has 3 N–H and O–H groups in total. The molecule has 1 aliphatic carbocycles. The van der Waals surface area contributed by atoms with Crippen molar-refractivity contribution in [1.29, 1.82) is 0 Å². The summed E-state index contributed by atoms with van der Waals surface area (Å²) in [6.07, 6.45) is 7.27. The minimum atomic E-state index is -0.757. The SMILES string of the molecule is COc1ccc(C(C(=O)NCc2ccccc2)N(C(=O)CCc2ccc(OCCCCN(C)CCOCCOCCc3cn(CCOCCOc4ccc(NC(=O)Nc5nc(CC(=O)N6CCN(C)CC6)cs5)cc4)nn3)cc2)C2CC2)cc1C(C)C. The van der Waals surface area contributed by atoms with Gasteiger partial charge in [0.05, 0.1) is 77.7 Å². The topological polar surface area (TPSA) is 216 Å². The van der Waals surface area contributed by atoms with Crippen molar-refractivity contribution in [1.82, 2.24) is 44.9 Å². The zero-order valence-corrected chi connectivity index (χ0v) is 52.0. The van der Waals surface area contributed by atoms with Crippen molar-refractivity contribution < 1.29 is 47.6 Å². The number of hydrogen-bond acceptors (Lipinski definition) is 16. The number of aromatic nitrogens is 4. The van der Waals surface area contributed by atoms with Crippen molar-refractivity contribution in [3.8, 4) is 17.2 Å². The number of benzene rings is 4. The summed E-state index contributed by atoms with van der Waals surface area (Å²) < 4.78 is 36.7. The summed E-state index contributed by atoms with van der Waals surface area (Å²) in [5.74, 6) is 2.22. The molecular weight excluding hydrogens is 1130 g/mol. The maximum atomic E-state index is 14.2. The Morgan fingerprint density at radius 3 is 2.18 bits per heavy atom. The molecule has 1 unspecified atom stereocenters. The third-order valence-electron chi connectivity index (χ3n) is 15.1. The molecule has 5 amide bonds. The number of thiazole rings is 1. The number of anilines is 2. The first-order chi connectivity index (χ1) is 42.4. The fourth-order valence-corrected chi connectivity index (χ4v) is 10.7. The number of carbonyl (C=O) groups is 4. The quantitative estimate of drug-likeness (QED) is 0.0313. The summed E-state index contributed by atoms with van der Waals surface area (Å²) in [7, 11) is 5.80. The number of nitrogens with zero attached hydrogens (tertiary/aromatic N) is 8. The normalized spacial score (nSPS) is 13.8. The molecule has 2 fully saturated rings. The van der Waals surface area contributed by atoms with E-state index in [1.165, 1.54) is 11.3 Å². The summed E-state index contributed by atoms with van der Waals surface area (Å²) in [6.45, 7) is 14.0. The van der Waals surface area contributed by atoms with Crippen LogP contribution >= 0.6 is 11.3 Å². The zero-order valence-electron chi connectivity index (χ0n) is 51.2. The number of methoxy groups -OCH3 is 1. The van der Waals surface area contributed by atoms with Crippen LogP contribution in [0.25, 0.3) is 0 Å². The Bertz CT molecular complexity index is 3040. The van der Waals surface area contributed by atoms with Crippen molar-refractivity contribution in [3.63, 3.8) is 0 Å². The third kappa shape index (κ3) is 22.0. The van der Waals surface area contributed by atoms with Crippen LogP contribution in [0.15, 0.2) is 109 Å². The number of amides is 5. The second-order valence-corrected chi connectivity index (χ2v) is 23.2. The number of nitrogens with one attached hydrogen (secondary N) is 3. The van der Waals surface area contributed by atoms with Gasteiger partial charge in [-0.2, -0.15) is 0 Å². The summed E-state index contributed by atoms with van der Waals surface area (Å²) in [6, 6.07) is 29.6. The Labute approximate surface area is 516 Å². The lowest BCUT2D eigenvalue weighted by Gasteiger charge is -2.32. The molecule has 0 bridgehead atoms. The highest BCUT2D eigenvalue weighted by molar-refractivity contribution is 7.14. The molecule has 22 heteroatoms. The Hall–Kier alpha value is -7.47. The van der Waals surface area contributed by atoms with Gasteiger partial charge < -0.3 is 58.7 Å². The standard InChI is InChI=1S/C65H87N11O10S/c1-48(2)58-43-51(16-25-59(58)81-5)62(63(79)66-45-50-11-7-6-8-12-50)76(55-19-20-55)60(77)26-15-49-13-21-56(22-14-49)85-35-10-9-28-72(3)33-37-83-40-39-82-36-27-53-46-75(71-70-53)34-38-84-41-42-86-57-23-17-52(18-24-57)67-64(80)69-65-68-54(47-87-65)44-61(78)74-31-29-73(4)30-32-74/h6-8,11-14,16-18,21-25,43,46-48,55,62H,9-10,15,19-20,26-42,44-45H2,1-5H3,(H,66,79)(H2,67,68,69,80). The monoisotopic (exact) mass is 1210 g/mol. The van der Waals surface area contributed by atoms with E-state index in [0.29, 0.717) is 121 Å². The third-order valence-corrected chi connectivity index (χ3v) is 15.9. The van der Waals surface area contributed by atoms with Gasteiger partial charge in [-0.3, -0.25) is 19.7 Å². The van der Waals surface area contributed by atoms with Gasteiger partial charge in [0.25, 0.3) is 0 Å². The van der Waals surface area contributed by atoms with Crippen molar-refractivity contribution in [2.75, 3.05) is 124 Å². The lowest BCUT2D eigenvalue weighted by molar-refractivity contribution is -0.141. The lowest BCUT2D eigenvalue weighted by Crippen LogP contribution is -2.47. The number of piperazine rings is 1. The van der Waals surface area contributed by atoms with Crippen LogP contribution in [-0.4, -0.2) is 183 Å². The fraction of sp³-hybridized carbons (Fsp3) is 0.492. The number of ether oxygens (including phenoxy) is 6. The van der Waals surface area contributed by atoms with Gasteiger partial charge in [0.15, 0.2) is 5.13 Å². The van der Waals surface area contributed by atoms with Gasteiger partial charge in [-0.05, 0) is 129 Å². The van der Waals surface area contributed by atoms with Crippen molar-refractivity contribution in [2.24, 2.45) is 0 Å². The van der Waals surface area contributed by atoms with Gasteiger partial charge in [0.2, 0.25) is 17.7 Å². The van der Waals surface area contributed by atoms with E-state index < -0.39 is 12.1 Å². The molecule has 6 aromatic rings. The van der Waals surface area contributed by atoms with Crippen LogP contribution in [0.1, 0.15) is 91.6 Å². The minimum Gasteiger partial charge on any atom is -0.496 e. The lowest BCUT2D eigenvalue weighted by atomic mass is 9.95. The molecule has 2 aliphatic rings. The maximum absolute atomic E-state index is 14.2. The average molecular weight is 1210 g/mol. The van der Waals surface area contributed by atoms with Gasteiger partial charge in [0.1, 0.15) is 29.9 Å². The van der Waals surface area contributed by atoms with Crippen LogP contribution in [0.3, 0.4) is 0 Å². The molecule has 1 saturated carbocycles. The van der Waals surface area contributed by atoms with E-state index in [0.717, 1.165) is 91.3 Å². The molecule has 87 heavy (non-hydrogen) atoms. The first-order valence-corrected chi connectivity index (χ1v) is 31.3. The molecule has 21 nitrogen and oxygen atoms in total. The summed E-state index contributed by atoms with van der Waals surface area (Å²) in [5, 5.41) is 19.4. The number of unbranched alkanes of at least 4 members (excludes halogenated alkanes) is 1. The highest BCUT2D eigenvalue weighted by atomic mass is 32.1. The number of rotatable bonds is 37. The maximum Gasteiger partial charge on any atom is 0.325 e. The summed E-state index contributed by atoms with van der Waals surface area (Å²) in [5.41, 5.74) is 5.91. The van der Waals surface area contributed by atoms with Crippen molar-refractivity contribution >= 4 is 45.9 Å². The summed E-state index contributed by atoms with van der Waals surface area (Å²) >= 11 is 1.28. The molecule has 0 radical (unpaired) electrons. The molecule has 4 aromatic carbocycles. The Kier molecular flexibility index (Phi) is 26.2. The van der Waals surface area contributed by atoms with Crippen LogP contribution in [0.4, 0.5) is 15.6 Å². The van der Waals surface area contributed by atoms with Gasteiger partial charge in [-0.15, -0.1) is 16.4 Å². The predicted octanol–water partition coefficient (Wildman–Crippen LogP) is 8.27. The van der Waals surface area contributed by atoms with Gasteiger partial charge >= 0.3 is 6.03 Å². The molecule has 1 saturated heterocycles. The molecule has 1 aliphatic heterocycles. The second-order valence-electron chi connectivity index (χ2n) is 22.3. The zero-order chi connectivity index (χ0) is 61.2. The first-order valence-electron chi connectivity index (χ1n) is 30.4. The van der Waals surface area contributed by atoms with Gasteiger partial charge in [-0.1, -0.05) is 67.6 Å². The fourth-order valence-electron chi connectivity index (χ4n) is 9.95. The highest BCUT2D eigenvalue weighted by Gasteiger charge is 2.41. The smallest absolute Gasteiger partial charge is 0.325 e. The van der Waals surface area contributed by atoms with Gasteiger partial charge in [0, 0.05) is 75.4 Å². The molecule has 1 atom stereocenters. The molecule has 8 rings (SSSR count). The van der Waals surface area contributed by atoms with Crippen LogP contribution in [0, 0.1) is 0 Å². The van der Waals surface area contributed by atoms with Crippen LogP contribution in [0.5, 0.6) is 17.2 Å². The molecule has 3 heterocycles. The first kappa shape index (κ1) is 65.5. The highest BCUT2D eigenvalue weighted by Crippen LogP contribution is 2.38. The van der Waals surface area contributed by atoms with E-state index in [-0.39, 0.29) is 36.1 Å². The van der Waals surface area contributed by atoms with Gasteiger partial charge in [-0.25, -0.2) is 14.5 Å². The van der Waals surface area contributed by atoms with E-state index in [4.69, 9.17) is 28.4 Å². The van der Waals surface area contributed by atoms with E-state index >= 15 is 0 Å². The number of aryl methyl sites for hydroxylation is 1. The number of hydrogen-bond donors (Lipinski definition) is 3. The van der Waals surface area contributed by atoms with E-state index in [2.05, 4.69) is 69.0 Å². The number of likely N-dealkylation sites (N-methyl/N-ethyl adjacent to an activating group) is 2. The minimum absolute atomic E-state index is 0.0185. The second kappa shape index (κ2) is 34.8. The van der Waals surface area contributed by atoms with E-state index in [1.807, 2.05) is 88.8 Å². The average Bonchev–Trinajstić information content (AvgIpc) is 2.58. The molecule has 2 aromatic heterocycles.